The van der Waals surface area contributed by atoms with Crippen LogP contribution < -0.4 is 5.32 Å². The molecule has 0 rings (SSSR count). The summed E-state index contributed by atoms with van der Waals surface area (Å²) in [5, 5.41) is 2.62. The number of rotatable bonds is 5. The molecule has 0 fully saturated rings. The summed E-state index contributed by atoms with van der Waals surface area (Å²) in [4.78, 5) is 23.2. The molecule has 1 unspecified atom stereocenters. The summed E-state index contributed by atoms with van der Waals surface area (Å²) >= 11 is 0. The van der Waals surface area contributed by atoms with Crippen molar-refractivity contribution in [2.75, 3.05) is 14.2 Å². The minimum atomic E-state index is -0.957. The minimum absolute atomic E-state index is 0.0379. The first-order valence-electron chi connectivity index (χ1n) is 5.20. The van der Waals surface area contributed by atoms with Crippen LogP contribution in [0, 0.1) is 5.92 Å². The molecule has 0 bridgehead atoms. The third-order valence-electron chi connectivity index (χ3n) is 2.47. The van der Waals surface area contributed by atoms with E-state index in [1.165, 1.54) is 14.2 Å². The van der Waals surface area contributed by atoms with Crippen LogP contribution in [0.5, 0.6) is 0 Å². The van der Waals surface area contributed by atoms with E-state index in [1.807, 2.05) is 13.8 Å². The summed E-state index contributed by atoms with van der Waals surface area (Å²) in [5.74, 6) is -0.821. The van der Waals surface area contributed by atoms with Crippen LogP contribution in [-0.4, -0.2) is 37.7 Å². The Morgan fingerprint density at radius 2 is 1.69 bits per heavy atom. The molecule has 1 atom stereocenters. The van der Waals surface area contributed by atoms with Gasteiger partial charge in [0.1, 0.15) is 11.6 Å². The highest BCUT2D eigenvalue weighted by atomic mass is 16.5. The number of carbonyl (C=O) groups excluding carboxylic acids is 2. The highest BCUT2D eigenvalue weighted by Gasteiger charge is 2.32. The molecule has 1 amide bonds. The first-order chi connectivity index (χ1) is 7.26. The third-order valence-corrected chi connectivity index (χ3v) is 2.47. The van der Waals surface area contributed by atoms with Crippen LogP contribution in [0.1, 0.15) is 27.7 Å². The van der Waals surface area contributed by atoms with Gasteiger partial charge in [-0.15, -0.1) is 0 Å². The summed E-state index contributed by atoms with van der Waals surface area (Å²) in [5.41, 5.74) is -0.957. The van der Waals surface area contributed by atoms with Crippen LogP contribution in [0.3, 0.4) is 0 Å². The molecule has 0 saturated heterocycles. The van der Waals surface area contributed by atoms with Gasteiger partial charge in [0, 0.05) is 7.11 Å². The van der Waals surface area contributed by atoms with Crippen molar-refractivity contribution in [2.24, 2.45) is 5.92 Å². The highest BCUT2D eigenvalue weighted by molar-refractivity contribution is 5.89. The maximum Gasteiger partial charge on any atom is 0.328 e. The van der Waals surface area contributed by atoms with Gasteiger partial charge >= 0.3 is 5.97 Å². The van der Waals surface area contributed by atoms with Gasteiger partial charge in [0.25, 0.3) is 5.91 Å². The predicted octanol–water partition coefficient (Wildman–Crippen LogP) is 0.725. The molecule has 0 heterocycles. The zero-order valence-corrected chi connectivity index (χ0v) is 10.8. The Morgan fingerprint density at radius 3 is 2.00 bits per heavy atom. The van der Waals surface area contributed by atoms with Crippen molar-refractivity contribution >= 4 is 11.9 Å². The molecular formula is C11H21NO4. The second-order valence-corrected chi connectivity index (χ2v) is 4.43. The molecule has 0 aromatic heterocycles. The van der Waals surface area contributed by atoms with E-state index in [4.69, 9.17) is 4.74 Å². The lowest BCUT2D eigenvalue weighted by Crippen LogP contribution is -2.52. The molecule has 0 aliphatic rings. The summed E-state index contributed by atoms with van der Waals surface area (Å²) in [6.07, 6.45) is 0. The number of esters is 1. The van der Waals surface area contributed by atoms with E-state index < -0.39 is 17.6 Å². The Balaban J connectivity index is 4.65. The molecule has 5 heteroatoms. The van der Waals surface area contributed by atoms with Crippen molar-refractivity contribution in [3.05, 3.63) is 0 Å². The average Bonchev–Trinajstić information content (AvgIpc) is 2.23. The number of nitrogens with one attached hydrogen (secondary N) is 1. The smallest absolute Gasteiger partial charge is 0.328 e. The van der Waals surface area contributed by atoms with Gasteiger partial charge in [0.05, 0.1) is 7.11 Å². The van der Waals surface area contributed by atoms with Gasteiger partial charge in [0.15, 0.2) is 0 Å². The zero-order valence-electron chi connectivity index (χ0n) is 10.8. The molecule has 5 nitrogen and oxygen atoms in total. The number of hydrogen-bond donors (Lipinski definition) is 1. The maximum absolute atomic E-state index is 11.8. The van der Waals surface area contributed by atoms with Gasteiger partial charge in [-0.25, -0.2) is 4.79 Å². The maximum atomic E-state index is 11.8. The van der Waals surface area contributed by atoms with Crippen LogP contribution in [-0.2, 0) is 19.1 Å². The van der Waals surface area contributed by atoms with Gasteiger partial charge in [-0.1, -0.05) is 13.8 Å². The normalized spacial score (nSPS) is 13.4. The highest BCUT2D eigenvalue weighted by Crippen LogP contribution is 2.10. The third kappa shape index (κ3) is 3.81. The zero-order chi connectivity index (χ0) is 12.9. The Labute approximate surface area is 96.5 Å². The fraction of sp³-hybridized carbons (Fsp3) is 0.818. The summed E-state index contributed by atoms with van der Waals surface area (Å²) in [7, 11) is 2.74. The van der Waals surface area contributed by atoms with E-state index in [-0.39, 0.29) is 11.8 Å². The first-order valence-corrected chi connectivity index (χ1v) is 5.20. The number of carbonyl (C=O) groups is 2. The Kier molecular flexibility index (Phi) is 5.44. The molecule has 94 valence electrons. The number of ether oxygens (including phenoxy) is 2. The second-order valence-electron chi connectivity index (χ2n) is 4.43. The molecule has 0 spiro atoms. The molecule has 0 aliphatic carbocycles. The summed E-state index contributed by atoms with van der Waals surface area (Å²) < 4.78 is 9.66. The fourth-order valence-corrected chi connectivity index (χ4v) is 1.03. The fourth-order valence-electron chi connectivity index (χ4n) is 1.03. The van der Waals surface area contributed by atoms with Gasteiger partial charge in [0.2, 0.25) is 0 Å². The van der Waals surface area contributed by atoms with E-state index in [0.29, 0.717) is 0 Å². The Hall–Kier alpha value is -1.10. The summed E-state index contributed by atoms with van der Waals surface area (Å²) in [6.45, 7) is 6.94. The lowest BCUT2D eigenvalue weighted by molar-refractivity contribution is -0.150. The monoisotopic (exact) mass is 231 g/mol. The van der Waals surface area contributed by atoms with Crippen molar-refractivity contribution < 1.29 is 19.1 Å². The Morgan fingerprint density at radius 1 is 1.19 bits per heavy atom. The quantitative estimate of drug-likeness (QED) is 0.708. The lowest BCUT2D eigenvalue weighted by Gasteiger charge is -2.26. The predicted molar refractivity (Wildman–Crippen MR) is 59.9 cm³/mol. The van der Waals surface area contributed by atoms with Crippen molar-refractivity contribution in [3.8, 4) is 0 Å². The largest absolute Gasteiger partial charge is 0.467 e. The molecule has 1 N–H and O–H groups in total. The first kappa shape index (κ1) is 14.9. The number of methoxy groups -OCH3 is 2. The van der Waals surface area contributed by atoms with Gasteiger partial charge in [-0.05, 0) is 19.8 Å². The molecular weight excluding hydrogens is 210 g/mol. The van der Waals surface area contributed by atoms with Crippen LogP contribution in [0.2, 0.25) is 0 Å². The topological polar surface area (TPSA) is 64.6 Å². The van der Waals surface area contributed by atoms with Crippen molar-refractivity contribution in [3.63, 3.8) is 0 Å². The van der Waals surface area contributed by atoms with Gasteiger partial charge in [-0.2, -0.15) is 0 Å². The van der Waals surface area contributed by atoms with Crippen molar-refractivity contribution in [1.82, 2.24) is 5.32 Å². The van der Waals surface area contributed by atoms with E-state index in [9.17, 15) is 9.59 Å². The van der Waals surface area contributed by atoms with Crippen molar-refractivity contribution in [1.29, 1.82) is 0 Å². The number of hydrogen-bond acceptors (Lipinski definition) is 4. The average molecular weight is 231 g/mol. The minimum Gasteiger partial charge on any atom is -0.467 e. The lowest BCUT2D eigenvalue weighted by atomic mass is 10.0. The van der Waals surface area contributed by atoms with Crippen LogP contribution in [0.4, 0.5) is 0 Å². The van der Waals surface area contributed by atoms with Crippen LogP contribution in [0.15, 0.2) is 0 Å². The molecule has 0 aliphatic heterocycles. The van der Waals surface area contributed by atoms with Gasteiger partial charge in [-0.3, -0.25) is 4.79 Å². The van der Waals surface area contributed by atoms with Gasteiger partial charge < -0.3 is 14.8 Å². The van der Waals surface area contributed by atoms with Crippen molar-refractivity contribution in [2.45, 2.75) is 39.3 Å². The number of amides is 1. The SMILES string of the molecule is COC(=O)C(NC(=O)C(C)(C)OC)C(C)C. The molecule has 16 heavy (non-hydrogen) atoms. The van der Waals surface area contributed by atoms with Crippen LogP contribution >= 0.6 is 0 Å². The molecule has 0 saturated carbocycles. The van der Waals surface area contributed by atoms with E-state index in [1.54, 1.807) is 13.8 Å². The Bertz CT molecular complexity index is 261. The second kappa shape index (κ2) is 5.84. The van der Waals surface area contributed by atoms with E-state index in [2.05, 4.69) is 10.1 Å². The molecule has 0 radical (unpaired) electrons. The van der Waals surface area contributed by atoms with Crippen LogP contribution in [0.25, 0.3) is 0 Å². The van der Waals surface area contributed by atoms with E-state index in [0.717, 1.165) is 0 Å². The van der Waals surface area contributed by atoms with E-state index >= 15 is 0 Å². The summed E-state index contributed by atoms with van der Waals surface area (Å²) in [6, 6.07) is -0.646. The molecule has 0 aromatic carbocycles. The standard InChI is InChI=1S/C11H21NO4/c1-7(2)8(9(13)15-5)12-10(14)11(3,4)16-6/h7-8H,1-6H3,(H,12,14). The molecule has 0 aromatic rings.